The van der Waals surface area contributed by atoms with E-state index in [2.05, 4.69) is 6.58 Å². The first-order valence-corrected chi connectivity index (χ1v) is 9.97. The molecule has 154 valence electrons. The van der Waals surface area contributed by atoms with E-state index in [1.165, 1.54) is 30.3 Å². The molecule has 0 bridgehead atoms. The minimum atomic E-state index is -0.991. The van der Waals surface area contributed by atoms with Crippen molar-refractivity contribution in [2.24, 2.45) is 5.92 Å². The van der Waals surface area contributed by atoms with Gasteiger partial charge in [0.05, 0.1) is 5.56 Å². The van der Waals surface area contributed by atoms with Gasteiger partial charge in [-0.25, -0.2) is 18.0 Å². The molecule has 0 radical (unpaired) electrons. The number of carbonyl (C=O) groups excluding carboxylic acids is 1. The Hall–Kier alpha value is -3.08. The standard InChI is InChI=1S/C25H21F3O2/c1-2-15-3-5-16(6-4-15)17-8-10-21(22(26)12-17)25(29)30-20-9-7-18-13-23(27)24(28)14-19(18)11-20/h2,7-16H,1,3-6H2. The molecule has 1 aliphatic rings. The summed E-state index contributed by atoms with van der Waals surface area (Å²) in [7, 11) is 0. The Morgan fingerprint density at radius 2 is 1.57 bits per heavy atom. The third-order valence-electron chi connectivity index (χ3n) is 5.85. The average Bonchev–Trinajstić information content (AvgIpc) is 2.74. The minimum absolute atomic E-state index is 0.129. The van der Waals surface area contributed by atoms with Crippen molar-refractivity contribution in [3.05, 3.63) is 89.8 Å². The highest BCUT2D eigenvalue weighted by Crippen LogP contribution is 2.36. The maximum Gasteiger partial charge on any atom is 0.346 e. The van der Waals surface area contributed by atoms with Crippen LogP contribution in [0.4, 0.5) is 13.2 Å². The third-order valence-corrected chi connectivity index (χ3v) is 5.85. The summed E-state index contributed by atoms with van der Waals surface area (Å²) in [5.74, 6) is -2.48. The zero-order chi connectivity index (χ0) is 21.3. The van der Waals surface area contributed by atoms with Crippen LogP contribution in [0.2, 0.25) is 0 Å². The van der Waals surface area contributed by atoms with Crippen molar-refractivity contribution >= 4 is 16.7 Å². The van der Waals surface area contributed by atoms with Crippen molar-refractivity contribution in [2.45, 2.75) is 31.6 Å². The van der Waals surface area contributed by atoms with Gasteiger partial charge in [-0.05, 0) is 90.3 Å². The van der Waals surface area contributed by atoms with E-state index in [0.29, 0.717) is 16.7 Å². The van der Waals surface area contributed by atoms with Crippen LogP contribution in [-0.4, -0.2) is 5.97 Å². The van der Waals surface area contributed by atoms with E-state index >= 15 is 0 Å². The van der Waals surface area contributed by atoms with E-state index in [9.17, 15) is 18.0 Å². The van der Waals surface area contributed by atoms with E-state index in [-0.39, 0.29) is 17.2 Å². The van der Waals surface area contributed by atoms with E-state index in [1.807, 2.05) is 6.08 Å². The molecule has 0 aliphatic heterocycles. The van der Waals surface area contributed by atoms with Crippen LogP contribution in [0.25, 0.3) is 10.8 Å². The zero-order valence-corrected chi connectivity index (χ0v) is 16.3. The zero-order valence-electron chi connectivity index (χ0n) is 16.3. The van der Waals surface area contributed by atoms with Gasteiger partial charge in [-0.1, -0.05) is 18.2 Å². The van der Waals surface area contributed by atoms with Gasteiger partial charge >= 0.3 is 5.97 Å². The second kappa shape index (κ2) is 8.34. The Morgan fingerprint density at radius 1 is 0.867 bits per heavy atom. The molecule has 30 heavy (non-hydrogen) atoms. The SMILES string of the molecule is C=CC1CCC(c2ccc(C(=O)Oc3ccc4cc(F)c(F)cc4c3)c(F)c2)CC1. The highest BCUT2D eigenvalue weighted by molar-refractivity contribution is 5.92. The van der Waals surface area contributed by atoms with Gasteiger partial charge in [0.1, 0.15) is 11.6 Å². The van der Waals surface area contributed by atoms with Gasteiger partial charge in [-0.3, -0.25) is 0 Å². The first kappa shape index (κ1) is 20.2. The second-order valence-electron chi connectivity index (χ2n) is 7.75. The number of esters is 1. The van der Waals surface area contributed by atoms with Crippen molar-refractivity contribution in [1.29, 1.82) is 0 Å². The van der Waals surface area contributed by atoms with Gasteiger partial charge in [0.25, 0.3) is 0 Å². The van der Waals surface area contributed by atoms with Crippen LogP contribution >= 0.6 is 0 Å². The molecule has 1 aliphatic carbocycles. The predicted octanol–water partition coefficient (Wildman–Crippen LogP) is 6.94. The van der Waals surface area contributed by atoms with Gasteiger partial charge in [0.2, 0.25) is 0 Å². The summed E-state index contributed by atoms with van der Waals surface area (Å²) in [6.45, 7) is 3.84. The van der Waals surface area contributed by atoms with E-state index in [4.69, 9.17) is 4.74 Å². The van der Waals surface area contributed by atoms with Crippen molar-refractivity contribution in [1.82, 2.24) is 0 Å². The fourth-order valence-electron chi connectivity index (χ4n) is 4.08. The average molecular weight is 410 g/mol. The Morgan fingerprint density at radius 3 is 2.23 bits per heavy atom. The summed E-state index contributed by atoms with van der Waals surface area (Å²) >= 11 is 0. The summed E-state index contributed by atoms with van der Waals surface area (Å²) in [6, 6.07) is 11.1. The summed E-state index contributed by atoms with van der Waals surface area (Å²) < 4.78 is 46.7. The smallest absolute Gasteiger partial charge is 0.346 e. The predicted molar refractivity (Wildman–Crippen MR) is 110 cm³/mol. The number of rotatable bonds is 4. The molecular weight excluding hydrogens is 389 g/mol. The molecule has 1 saturated carbocycles. The lowest BCUT2D eigenvalue weighted by Gasteiger charge is -2.27. The molecule has 0 heterocycles. The lowest BCUT2D eigenvalue weighted by Crippen LogP contribution is -2.14. The molecule has 5 heteroatoms. The Bertz CT molecular complexity index is 1110. The molecule has 0 unspecified atom stereocenters. The van der Waals surface area contributed by atoms with Crippen molar-refractivity contribution in [3.63, 3.8) is 0 Å². The minimum Gasteiger partial charge on any atom is -0.423 e. The van der Waals surface area contributed by atoms with Crippen LogP contribution < -0.4 is 4.74 Å². The number of carbonyl (C=O) groups is 1. The molecule has 3 aromatic rings. The van der Waals surface area contributed by atoms with Gasteiger partial charge < -0.3 is 4.74 Å². The number of ether oxygens (including phenoxy) is 1. The normalized spacial score (nSPS) is 18.9. The number of halogens is 3. The highest BCUT2D eigenvalue weighted by Gasteiger charge is 2.23. The summed E-state index contributed by atoms with van der Waals surface area (Å²) in [6.07, 6.45) is 5.98. The summed E-state index contributed by atoms with van der Waals surface area (Å²) in [5, 5.41) is 0.848. The molecule has 0 spiro atoms. The monoisotopic (exact) mass is 410 g/mol. The van der Waals surface area contributed by atoms with Crippen LogP contribution in [0.3, 0.4) is 0 Å². The van der Waals surface area contributed by atoms with Crippen LogP contribution in [0.15, 0.2) is 61.2 Å². The number of benzene rings is 3. The van der Waals surface area contributed by atoms with Crippen molar-refractivity contribution in [3.8, 4) is 5.75 Å². The molecule has 0 N–H and O–H groups in total. The van der Waals surface area contributed by atoms with Crippen LogP contribution in [-0.2, 0) is 0 Å². The summed E-state index contributed by atoms with van der Waals surface area (Å²) in [5.41, 5.74) is 0.721. The highest BCUT2D eigenvalue weighted by atomic mass is 19.2. The first-order chi connectivity index (χ1) is 14.4. The lowest BCUT2D eigenvalue weighted by atomic mass is 9.78. The third kappa shape index (κ3) is 4.11. The molecule has 4 rings (SSSR count). The topological polar surface area (TPSA) is 26.3 Å². The van der Waals surface area contributed by atoms with E-state index < -0.39 is 23.4 Å². The van der Waals surface area contributed by atoms with Gasteiger partial charge in [-0.15, -0.1) is 6.58 Å². The van der Waals surface area contributed by atoms with E-state index in [0.717, 1.165) is 43.4 Å². The van der Waals surface area contributed by atoms with Gasteiger partial charge in [0.15, 0.2) is 11.6 Å². The quantitative estimate of drug-likeness (QED) is 0.265. The Balaban J connectivity index is 1.50. The Labute approximate surface area is 173 Å². The maximum atomic E-state index is 14.6. The molecule has 1 fully saturated rings. The molecule has 0 saturated heterocycles. The van der Waals surface area contributed by atoms with Crippen molar-refractivity contribution < 1.29 is 22.7 Å². The maximum absolute atomic E-state index is 14.6. The molecule has 0 atom stereocenters. The number of hydrogen-bond acceptors (Lipinski definition) is 2. The summed E-state index contributed by atoms with van der Waals surface area (Å²) in [4.78, 5) is 12.5. The molecule has 0 aromatic heterocycles. The largest absolute Gasteiger partial charge is 0.423 e. The van der Waals surface area contributed by atoms with Gasteiger partial charge in [-0.2, -0.15) is 0 Å². The molecular formula is C25H21F3O2. The number of allylic oxidation sites excluding steroid dienone is 1. The van der Waals surface area contributed by atoms with E-state index in [1.54, 1.807) is 6.07 Å². The fraction of sp³-hybridized carbons (Fsp3) is 0.240. The lowest BCUT2D eigenvalue weighted by molar-refractivity contribution is 0.0730. The first-order valence-electron chi connectivity index (χ1n) is 9.97. The molecule has 3 aromatic carbocycles. The number of fused-ring (bicyclic) bond motifs is 1. The van der Waals surface area contributed by atoms with Crippen molar-refractivity contribution in [2.75, 3.05) is 0 Å². The van der Waals surface area contributed by atoms with Crippen LogP contribution in [0, 0.1) is 23.4 Å². The fourth-order valence-corrected chi connectivity index (χ4v) is 4.08. The second-order valence-corrected chi connectivity index (χ2v) is 7.75. The molecule has 2 nitrogen and oxygen atoms in total. The van der Waals surface area contributed by atoms with Crippen LogP contribution in [0.5, 0.6) is 5.75 Å². The van der Waals surface area contributed by atoms with Gasteiger partial charge in [0, 0.05) is 0 Å². The number of hydrogen-bond donors (Lipinski definition) is 0. The van der Waals surface area contributed by atoms with Crippen LogP contribution in [0.1, 0.15) is 47.5 Å². The molecule has 0 amide bonds. The Kier molecular flexibility index (Phi) is 5.62.